The number of ketones is 2. The maximum Gasteiger partial charge on any atom is 0.174 e. The minimum absolute atomic E-state index is 0.189. The maximum absolute atomic E-state index is 13.7. The smallest absolute Gasteiger partial charge is 0.174 e. The van der Waals surface area contributed by atoms with E-state index in [1.165, 1.54) is 0 Å². The van der Waals surface area contributed by atoms with Gasteiger partial charge < -0.3 is 0 Å². The third-order valence-corrected chi connectivity index (χ3v) is 3.48. The second-order valence-electron chi connectivity index (χ2n) is 4.60. The van der Waals surface area contributed by atoms with Gasteiger partial charge in [-0.1, -0.05) is 11.6 Å². The molecule has 0 aromatic heterocycles. The van der Waals surface area contributed by atoms with Crippen molar-refractivity contribution in [3.63, 3.8) is 0 Å². The zero-order valence-electron chi connectivity index (χ0n) is 10.0. The van der Waals surface area contributed by atoms with E-state index >= 15 is 0 Å². The van der Waals surface area contributed by atoms with Gasteiger partial charge in [0.2, 0.25) is 0 Å². The van der Waals surface area contributed by atoms with Crippen molar-refractivity contribution in [2.45, 2.75) is 26.2 Å². The molecule has 2 rings (SSSR count). The molecule has 0 bridgehead atoms. The second kappa shape index (κ2) is 4.96. The van der Waals surface area contributed by atoms with Crippen LogP contribution in [0.5, 0.6) is 0 Å². The van der Waals surface area contributed by atoms with E-state index in [2.05, 4.69) is 0 Å². The first kappa shape index (κ1) is 14.1. The predicted octanol–water partition coefficient (Wildman–Crippen LogP) is 3.62. The molecule has 6 heteroatoms. The van der Waals surface area contributed by atoms with Crippen LogP contribution in [-0.4, -0.2) is 11.6 Å². The molecule has 102 valence electrons. The number of benzene rings is 1. The Morgan fingerprint density at radius 2 is 1.74 bits per heavy atom. The minimum atomic E-state index is -1.50. The Labute approximate surface area is 112 Å². The summed E-state index contributed by atoms with van der Waals surface area (Å²) < 4.78 is 40.6. The normalized spacial score (nSPS) is 14.6. The number of halogens is 4. The van der Waals surface area contributed by atoms with Crippen LogP contribution in [0.2, 0.25) is 5.02 Å². The molecular weight excluding hydrogens is 281 g/mol. The molecule has 0 unspecified atom stereocenters. The van der Waals surface area contributed by atoms with Gasteiger partial charge in [-0.25, -0.2) is 13.2 Å². The van der Waals surface area contributed by atoms with Crippen molar-refractivity contribution in [3.8, 4) is 0 Å². The Kier molecular flexibility index (Phi) is 3.67. The van der Waals surface area contributed by atoms with Crippen molar-refractivity contribution in [2.24, 2.45) is 5.92 Å². The first-order chi connectivity index (χ1) is 8.84. The van der Waals surface area contributed by atoms with Gasteiger partial charge in [0.05, 0.1) is 17.0 Å². The van der Waals surface area contributed by atoms with Crippen LogP contribution in [0, 0.1) is 30.3 Å². The van der Waals surface area contributed by atoms with Gasteiger partial charge in [-0.05, 0) is 19.8 Å². The molecule has 1 fully saturated rings. The molecular formula is C13H10ClF3O2. The lowest BCUT2D eigenvalue weighted by Gasteiger charge is -2.09. The van der Waals surface area contributed by atoms with Crippen LogP contribution in [-0.2, 0) is 4.79 Å². The summed E-state index contributed by atoms with van der Waals surface area (Å²) in [6.07, 6.45) is 0.807. The van der Waals surface area contributed by atoms with Crippen LogP contribution in [0.3, 0.4) is 0 Å². The number of hydrogen-bond acceptors (Lipinski definition) is 2. The maximum atomic E-state index is 13.7. The van der Waals surface area contributed by atoms with E-state index in [0.29, 0.717) is 12.8 Å². The largest absolute Gasteiger partial charge is 0.299 e. The first-order valence-electron chi connectivity index (χ1n) is 5.73. The van der Waals surface area contributed by atoms with E-state index in [-0.39, 0.29) is 11.7 Å². The number of carbonyl (C=O) groups excluding carboxylic acids is 2. The fraction of sp³-hybridized carbons (Fsp3) is 0.385. The van der Waals surface area contributed by atoms with E-state index in [4.69, 9.17) is 11.6 Å². The topological polar surface area (TPSA) is 34.1 Å². The third-order valence-electron chi connectivity index (χ3n) is 3.13. The fourth-order valence-corrected chi connectivity index (χ4v) is 2.11. The number of carbonyl (C=O) groups is 2. The Bertz CT molecular complexity index is 551. The van der Waals surface area contributed by atoms with Crippen molar-refractivity contribution >= 4 is 23.2 Å². The molecule has 1 aromatic rings. The van der Waals surface area contributed by atoms with E-state index in [0.717, 1.165) is 6.92 Å². The average molecular weight is 291 g/mol. The number of Topliss-reactive ketones (excluding diaryl/α,β-unsaturated/α-hetero) is 2. The molecule has 2 nitrogen and oxygen atoms in total. The fourth-order valence-electron chi connectivity index (χ4n) is 1.78. The summed E-state index contributed by atoms with van der Waals surface area (Å²) in [5.41, 5.74) is -1.47. The lowest BCUT2D eigenvalue weighted by Crippen LogP contribution is -2.14. The molecule has 0 N–H and O–H groups in total. The number of rotatable bonds is 4. The molecule has 1 aliphatic rings. The van der Waals surface area contributed by atoms with Crippen LogP contribution in [0.15, 0.2) is 0 Å². The van der Waals surface area contributed by atoms with Gasteiger partial charge in [-0.15, -0.1) is 0 Å². The predicted molar refractivity (Wildman–Crippen MR) is 62.7 cm³/mol. The lowest BCUT2D eigenvalue weighted by atomic mass is 10.0. The van der Waals surface area contributed by atoms with Crippen LogP contribution < -0.4 is 0 Å². The molecule has 1 saturated carbocycles. The molecule has 0 spiro atoms. The third kappa shape index (κ3) is 2.52. The second-order valence-corrected chi connectivity index (χ2v) is 4.97. The van der Waals surface area contributed by atoms with Gasteiger partial charge >= 0.3 is 0 Å². The highest BCUT2D eigenvalue weighted by Gasteiger charge is 2.33. The van der Waals surface area contributed by atoms with Crippen LogP contribution in [0.25, 0.3) is 0 Å². The zero-order chi connectivity index (χ0) is 14.3. The van der Waals surface area contributed by atoms with Crippen molar-refractivity contribution in [1.82, 2.24) is 0 Å². The van der Waals surface area contributed by atoms with Crippen LogP contribution in [0.1, 0.15) is 35.2 Å². The molecule has 1 aliphatic carbocycles. The standard InChI is InChI=1S/C13H10ClF3O2/c1-5-11(15)10(14)9(13(17)12(5)16)8(19)4-7(18)6-2-3-6/h6H,2-4H2,1H3. The van der Waals surface area contributed by atoms with E-state index in [1.54, 1.807) is 0 Å². The summed E-state index contributed by atoms with van der Waals surface area (Å²) in [4.78, 5) is 23.2. The number of hydrogen-bond donors (Lipinski definition) is 0. The summed E-state index contributed by atoms with van der Waals surface area (Å²) in [6.45, 7) is 1.02. The molecule has 0 radical (unpaired) electrons. The van der Waals surface area contributed by atoms with Crippen molar-refractivity contribution < 1.29 is 22.8 Å². The summed E-state index contributed by atoms with van der Waals surface area (Å²) in [5.74, 6) is -5.66. The van der Waals surface area contributed by atoms with Gasteiger partial charge in [0.15, 0.2) is 17.4 Å². The highest BCUT2D eigenvalue weighted by Crippen LogP contribution is 2.33. The molecule has 19 heavy (non-hydrogen) atoms. The summed E-state index contributed by atoms with van der Waals surface area (Å²) in [7, 11) is 0. The highest BCUT2D eigenvalue weighted by molar-refractivity contribution is 6.34. The minimum Gasteiger partial charge on any atom is -0.299 e. The zero-order valence-corrected chi connectivity index (χ0v) is 10.8. The molecule has 0 heterocycles. The SMILES string of the molecule is Cc1c(F)c(F)c(C(=O)CC(=O)C2CC2)c(Cl)c1F. The summed E-state index contributed by atoms with van der Waals surface area (Å²) >= 11 is 5.54. The Morgan fingerprint density at radius 3 is 2.26 bits per heavy atom. The van der Waals surface area contributed by atoms with E-state index < -0.39 is 45.8 Å². The van der Waals surface area contributed by atoms with E-state index in [1.807, 2.05) is 0 Å². The quantitative estimate of drug-likeness (QED) is 0.482. The van der Waals surface area contributed by atoms with Gasteiger partial charge in [-0.3, -0.25) is 9.59 Å². The Balaban J connectivity index is 2.38. The van der Waals surface area contributed by atoms with Gasteiger partial charge in [0, 0.05) is 11.5 Å². The molecule has 0 amide bonds. The van der Waals surface area contributed by atoms with Gasteiger partial charge in [0.25, 0.3) is 0 Å². The van der Waals surface area contributed by atoms with Crippen molar-refractivity contribution in [3.05, 3.63) is 33.6 Å². The van der Waals surface area contributed by atoms with Gasteiger partial charge in [0.1, 0.15) is 11.6 Å². The van der Waals surface area contributed by atoms with Crippen molar-refractivity contribution in [1.29, 1.82) is 0 Å². The van der Waals surface area contributed by atoms with E-state index in [9.17, 15) is 22.8 Å². The van der Waals surface area contributed by atoms with Gasteiger partial charge in [-0.2, -0.15) is 0 Å². The summed E-state index contributed by atoms with van der Waals surface area (Å²) in [5, 5.41) is -0.773. The van der Waals surface area contributed by atoms with Crippen LogP contribution >= 0.6 is 11.6 Å². The monoisotopic (exact) mass is 290 g/mol. The molecule has 0 atom stereocenters. The Hall–Kier alpha value is -1.36. The average Bonchev–Trinajstić information content (AvgIpc) is 3.18. The molecule has 0 saturated heterocycles. The van der Waals surface area contributed by atoms with Crippen molar-refractivity contribution in [2.75, 3.05) is 0 Å². The first-order valence-corrected chi connectivity index (χ1v) is 6.10. The molecule has 1 aromatic carbocycles. The molecule has 0 aliphatic heterocycles. The van der Waals surface area contributed by atoms with Crippen LogP contribution in [0.4, 0.5) is 13.2 Å². The lowest BCUT2D eigenvalue weighted by molar-refractivity contribution is -0.119. The Morgan fingerprint density at radius 1 is 1.16 bits per heavy atom. The highest BCUT2D eigenvalue weighted by atomic mass is 35.5. The summed E-state index contributed by atoms with van der Waals surface area (Å²) in [6, 6.07) is 0.